The van der Waals surface area contributed by atoms with Crippen molar-refractivity contribution in [1.82, 2.24) is 14.9 Å². The van der Waals surface area contributed by atoms with Crippen LogP contribution in [0.5, 0.6) is 0 Å². The smallest absolute Gasteiger partial charge is 0.244 e. The van der Waals surface area contributed by atoms with Crippen molar-refractivity contribution in [2.75, 3.05) is 37.5 Å². The molecule has 26 heavy (non-hydrogen) atoms. The molecule has 3 rings (SSSR count). The number of carbonyl (C=O) groups excluding carboxylic acids is 1. The second kappa shape index (κ2) is 8.20. The zero-order chi connectivity index (χ0) is 18.7. The van der Waals surface area contributed by atoms with Gasteiger partial charge in [-0.2, -0.15) is 0 Å². The van der Waals surface area contributed by atoms with Crippen molar-refractivity contribution >= 4 is 17.5 Å². The molecule has 2 aliphatic heterocycles. The first-order valence-corrected chi connectivity index (χ1v) is 9.65. The van der Waals surface area contributed by atoms with E-state index in [1.165, 1.54) is 0 Å². The van der Waals surface area contributed by atoms with Crippen LogP contribution in [0.25, 0.3) is 0 Å². The number of likely N-dealkylation sites (N-methyl/N-ethyl adjacent to an activating group) is 1. The largest absolute Gasteiger partial charge is 0.376 e. The van der Waals surface area contributed by atoms with Gasteiger partial charge in [0.2, 0.25) is 5.91 Å². The summed E-state index contributed by atoms with van der Waals surface area (Å²) >= 11 is 0. The monoisotopic (exact) mass is 361 g/mol. The van der Waals surface area contributed by atoms with Gasteiger partial charge >= 0.3 is 0 Å². The highest BCUT2D eigenvalue weighted by Crippen LogP contribution is 2.28. The number of anilines is 2. The van der Waals surface area contributed by atoms with Crippen LogP contribution in [-0.2, 0) is 9.53 Å². The maximum absolute atomic E-state index is 12.5. The van der Waals surface area contributed by atoms with E-state index in [1.807, 2.05) is 6.07 Å². The third-order valence-corrected chi connectivity index (χ3v) is 5.28. The van der Waals surface area contributed by atoms with Gasteiger partial charge in [0.05, 0.1) is 12.1 Å². The van der Waals surface area contributed by atoms with Crippen LogP contribution < -0.4 is 10.2 Å². The number of nitrogens with one attached hydrogen (secondary N) is 1. The standard InChI is InChI=1S/C19H31N5O2/c1-13(2)18-14(7-6-10-26-18)22-16-11-17(21-12-20-16)24-9-5-8-15(24)19(25)23(3)4/h11-15,18H,5-10H2,1-4H3,(H,20,21,22)/t14-,15+,18+/m1/s1. The van der Waals surface area contributed by atoms with Crippen molar-refractivity contribution in [1.29, 1.82) is 0 Å². The number of amides is 1. The number of hydrogen-bond donors (Lipinski definition) is 1. The first-order valence-electron chi connectivity index (χ1n) is 9.65. The predicted octanol–water partition coefficient (Wildman–Crippen LogP) is 2.15. The zero-order valence-corrected chi connectivity index (χ0v) is 16.3. The molecule has 1 amide bonds. The van der Waals surface area contributed by atoms with Crippen LogP contribution in [-0.4, -0.2) is 66.2 Å². The van der Waals surface area contributed by atoms with Crippen molar-refractivity contribution < 1.29 is 9.53 Å². The molecule has 0 aromatic carbocycles. The molecule has 0 unspecified atom stereocenters. The first-order chi connectivity index (χ1) is 12.5. The Kier molecular flexibility index (Phi) is 5.96. The van der Waals surface area contributed by atoms with E-state index in [0.29, 0.717) is 5.92 Å². The van der Waals surface area contributed by atoms with Gasteiger partial charge in [-0.15, -0.1) is 0 Å². The lowest BCUT2D eigenvalue weighted by Crippen LogP contribution is -2.44. The van der Waals surface area contributed by atoms with Crippen LogP contribution in [0.3, 0.4) is 0 Å². The lowest BCUT2D eigenvalue weighted by molar-refractivity contribution is -0.129. The maximum Gasteiger partial charge on any atom is 0.244 e. The van der Waals surface area contributed by atoms with E-state index in [0.717, 1.165) is 50.5 Å². The Balaban J connectivity index is 1.74. The lowest BCUT2D eigenvalue weighted by atomic mass is 9.94. The molecule has 0 radical (unpaired) electrons. The molecule has 0 aliphatic carbocycles. The molecule has 1 aromatic heterocycles. The fraction of sp³-hybridized carbons (Fsp3) is 0.737. The van der Waals surface area contributed by atoms with Crippen LogP contribution in [0.15, 0.2) is 12.4 Å². The van der Waals surface area contributed by atoms with Crippen LogP contribution >= 0.6 is 0 Å². The highest BCUT2D eigenvalue weighted by Gasteiger charge is 2.33. The quantitative estimate of drug-likeness (QED) is 0.866. The number of aromatic nitrogens is 2. The van der Waals surface area contributed by atoms with Crippen LogP contribution in [0.4, 0.5) is 11.6 Å². The van der Waals surface area contributed by atoms with E-state index in [-0.39, 0.29) is 24.1 Å². The average Bonchev–Trinajstić information content (AvgIpc) is 3.11. The number of carbonyl (C=O) groups is 1. The van der Waals surface area contributed by atoms with Gasteiger partial charge < -0.3 is 19.9 Å². The Morgan fingerprint density at radius 3 is 2.85 bits per heavy atom. The summed E-state index contributed by atoms with van der Waals surface area (Å²) in [4.78, 5) is 25.1. The minimum Gasteiger partial charge on any atom is -0.376 e. The van der Waals surface area contributed by atoms with Crippen molar-refractivity contribution in [3.05, 3.63) is 12.4 Å². The van der Waals surface area contributed by atoms with Crippen molar-refractivity contribution in [2.24, 2.45) is 5.92 Å². The molecule has 2 aliphatic rings. The molecule has 0 spiro atoms. The van der Waals surface area contributed by atoms with Gasteiger partial charge in [-0.1, -0.05) is 13.8 Å². The Morgan fingerprint density at radius 1 is 1.31 bits per heavy atom. The summed E-state index contributed by atoms with van der Waals surface area (Å²) in [7, 11) is 3.61. The molecule has 3 atom stereocenters. The van der Waals surface area contributed by atoms with Crippen LogP contribution in [0.2, 0.25) is 0 Å². The van der Waals surface area contributed by atoms with E-state index in [1.54, 1.807) is 25.3 Å². The normalized spacial score (nSPS) is 26.2. The molecule has 7 nitrogen and oxygen atoms in total. The highest BCUT2D eigenvalue weighted by molar-refractivity contribution is 5.85. The third-order valence-electron chi connectivity index (χ3n) is 5.28. The molecule has 2 saturated heterocycles. The number of nitrogens with zero attached hydrogens (tertiary/aromatic N) is 4. The van der Waals surface area contributed by atoms with Crippen LogP contribution in [0, 0.1) is 5.92 Å². The first kappa shape index (κ1) is 18.9. The third kappa shape index (κ3) is 4.09. The Morgan fingerprint density at radius 2 is 2.12 bits per heavy atom. The molecule has 1 aromatic rings. The SMILES string of the molecule is CC(C)[C@@H]1OCCC[C@H]1Nc1cc(N2CCC[C@H]2C(=O)N(C)C)ncn1. The topological polar surface area (TPSA) is 70.6 Å². The van der Waals surface area contributed by atoms with Gasteiger partial charge in [0, 0.05) is 33.3 Å². The summed E-state index contributed by atoms with van der Waals surface area (Å²) in [5.74, 6) is 2.21. The summed E-state index contributed by atoms with van der Waals surface area (Å²) in [6, 6.07) is 2.09. The minimum atomic E-state index is -0.130. The molecule has 7 heteroatoms. The molecular formula is C19H31N5O2. The molecule has 2 fully saturated rings. The molecule has 0 saturated carbocycles. The number of rotatable bonds is 5. The average molecular weight is 361 g/mol. The van der Waals surface area contributed by atoms with Gasteiger partial charge in [-0.3, -0.25) is 4.79 Å². The summed E-state index contributed by atoms with van der Waals surface area (Å²) in [5, 5.41) is 3.54. The molecule has 144 valence electrons. The Bertz CT molecular complexity index is 622. The second-order valence-electron chi connectivity index (χ2n) is 7.82. The predicted molar refractivity (Wildman–Crippen MR) is 102 cm³/mol. The number of hydrogen-bond acceptors (Lipinski definition) is 6. The second-order valence-corrected chi connectivity index (χ2v) is 7.82. The summed E-state index contributed by atoms with van der Waals surface area (Å²) in [6.07, 6.45) is 5.79. The zero-order valence-electron chi connectivity index (χ0n) is 16.3. The Hall–Kier alpha value is -1.89. The summed E-state index contributed by atoms with van der Waals surface area (Å²) in [5.41, 5.74) is 0. The minimum absolute atomic E-state index is 0.130. The Labute approximate surface area is 156 Å². The fourth-order valence-electron chi connectivity index (χ4n) is 3.98. The molecular weight excluding hydrogens is 330 g/mol. The van der Waals surface area contributed by atoms with E-state index in [4.69, 9.17) is 4.74 Å². The fourth-order valence-corrected chi connectivity index (χ4v) is 3.98. The van der Waals surface area contributed by atoms with Crippen molar-refractivity contribution in [3.63, 3.8) is 0 Å². The summed E-state index contributed by atoms with van der Waals surface area (Å²) in [6.45, 7) is 6.07. The molecule has 0 bridgehead atoms. The van der Waals surface area contributed by atoms with Crippen molar-refractivity contribution in [3.8, 4) is 0 Å². The highest BCUT2D eigenvalue weighted by atomic mass is 16.5. The lowest BCUT2D eigenvalue weighted by Gasteiger charge is -2.35. The summed E-state index contributed by atoms with van der Waals surface area (Å²) < 4.78 is 5.96. The van der Waals surface area contributed by atoms with Gasteiger partial charge in [-0.05, 0) is 31.6 Å². The molecule has 1 N–H and O–H groups in total. The van der Waals surface area contributed by atoms with Gasteiger partial charge in [-0.25, -0.2) is 9.97 Å². The van der Waals surface area contributed by atoms with Crippen molar-refractivity contribution in [2.45, 2.75) is 57.7 Å². The van der Waals surface area contributed by atoms with Gasteiger partial charge in [0.15, 0.2) is 0 Å². The number of ether oxygens (including phenoxy) is 1. The van der Waals surface area contributed by atoms with Gasteiger partial charge in [0.25, 0.3) is 0 Å². The van der Waals surface area contributed by atoms with Crippen LogP contribution in [0.1, 0.15) is 39.5 Å². The van der Waals surface area contributed by atoms with Gasteiger partial charge in [0.1, 0.15) is 24.0 Å². The van der Waals surface area contributed by atoms with E-state index >= 15 is 0 Å². The van der Waals surface area contributed by atoms with E-state index in [2.05, 4.69) is 34.0 Å². The maximum atomic E-state index is 12.5. The van der Waals surface area contributed by atoms with E-state index < -0.39 is 0 Å². The molecule has 3 heterocycles. The van der Waals surface area contributed by atoms with E-state index in [9.17, 15) is 4.79 Å².